The van der Waals surface area contributed by atoms with Crippen molar-refractivity contribution in [1.82, 2.24) is 9.80 Å². The summed E-state index contributed by atoms with van der Waals surface area (Å²) in [7, 11) is 0. The third-order valence-corrected chi connectivity index (χ3v) is 5.25. The van der Waals surface area contributed by atoms with Crippen LogP contribution in [0.2, 0.25) is 0 Å². The van der Waals surface area contributed by atoms with Crippen molar-refractivity contribution >= 4 is 0 Å². The largest absolute Gasteiger partial charge is 0.298 e. The molecule has 2 aliphatic rings. The van der Waals surface area contributed by atoms with Crippen molar-refractivity contribution in [3.8, 4) is 0 Å². The molecule has 0 aromatic carbocycles. The van der Waals surface area contributed by atoms with Gasteiger partial charge in [-0.05, 0) is 51.5 Å². The lowest BCUT2D eigenvalue weighted by Crippen LogP contribution is -2.64. The maximum absolute atomic E-state index is 2.85. The van der Waals surface area contributed by atoms with Gasteiger partial charge in [0.2, 0.25) is 0 Å². The van der Waals surface area contributed by atoms with Gasteiger partial charge in [0.05, 0.1) is 0 Å². The van der Waals surface area contributed by atoms with Gasteiger partial charge in [0, 0.05) is 30.7 Å². The molecule has 0 spiro atoms. The molecule has 2 heteroatoms. The minimum atomic E-state index is 0.322. The maximum atomic E-state index is 2.85. The van der Waals surface area contributed by atoms with Crippen LogP contribution in [0.4, 0.5) is 0 Å². The first-order valence-electron chi connectivity index (χ1n) is 8.74. The first-order valence-corrected chi connectivity index (χ1v) is 8.74. The summed E-state index contributed by atoms with van der Waals surface area (Å²) in [5.41, 5.74) is 0.730. The van der Waals surface area contributed by atoms with Crippen LogP contribution in [-0.2, 0) is 0 Å². The summed E-state index contributed by atoms with van der Waals surface area (Å²) in [6.07, 6.45) is 6.84. The van der Waals surface area contributed by atoms with Crippen LogP contribution in [0.5, 0.6) is 0 Å². The van der Waals surface area contributed by atoms with Crippen molar-refractivity contribution in [2.75, 3.05) is 19.6 Å². The molecule has 2 unspecified atom stereocenters. The summed E-state index contributed by atoms with van der Waals surface area (Å²) >= 11 is 0. The monoisotopic (exact) mass is 280 g/mol. The second-order valence-electron chi connectivity index (χ2n) is 8.91. The molecule has 2 aliphatic heterocycles. The van der Waals surface area contributed by atoms with Gasteiger partial charge in [0.25, 0.3) is 0 Å². The van der Waals surface area contributed by atoms with E-state index in [0.717, 1.165) is 12.1 Å². The molecular formula is C18H36N2. The summed E-state index contributed by atoms with van der Waals surface area (Å²) in [5, 5.41) is 0. The van der Waals surface area contributed by atoms with Gasteiger partial charge in [0.1, 0.15) is 0 Å². The molecule has 0 aromatic rings. The Morgan fingerprint density at radius 2 is 1.70 bits per heavy atom. The fourth-order valence-electron chi connectivity index (χ4n) is 4.74. The number of piperidine rings is 1. The zero-order chi connectivity index (χ0) is 15.0. The summed E-state index contributed by atoms with van der Waals surface area (Å²) in [6, 6.07) is 1.58. The summed E-state index contributed by atoms with van der Waals surface area (Å²) < 4.78 is 0. The van der Waals surface area contributed by atoms with Crippen LogP contribution in [0.25, 0.3) is 0 Å². The van der Waals surface area contributed by atoms with Crippen molar-refractivity contribution in [1.29, 1.82) is 0 Å². The van der Waals surface area contributed by atoms with Crippen LogP contribution in [0, 0.1) is 5.41 Å². The molecule has 0 radical (unpaired) electrons. The quantitative estimate of drug-likeness (QED) is 0.766. The number of piperazine rings is 1. The highest BCUT2D eigenvalue weighted by Crippen LogP contribution is 2.36. The van der Waals surface area contributed by atoms with E-state index in [2.05, 4.69) is 51.3 Å². The molecule has 0 N–H and O–H groups in total. The van der Waals surface area contributed by atoms with Crippen LogP contribution in [0.1, 0.15) is 73.6 Å². The lowest BCUT2D eigenvalue weighted by atomic mass is 9.79. The number of hydrogen-bond acceptors (Lipinski definition) is 2. The molecular weight excluding hydrogens is 244 g/mol. The third kappa shape index (κ3) is 3.76. The molecule has 2 nitrogen and oxygen atoms in total. The lowest BCUT2D eigenvalue weighted by molar-refractivity contribution is -0.0545. The van der Waals surface area contributed by atoms with Crippen molar-refractivity contribution in [3.63, 3.8) is 0 Å². The third-order valence-electron chi connectivity index (χ3n) is 5.25. The lowest BCUT2D eigenvalue weighted by Gasteiger charge is -2.55. The number of fused-ring (bicyclic) bond motifs is 1. The standard InChI is InChI=1S/C18H36N2/c1-7-15-12-19-11-9-8-10-16(19)13-20(15)18(5,6)14-17(2,3)4/h15-16H,7-14H2,1-6H3. The Bertz CT molecular complexity index is 316. The Hall–Kier alpha value is -0.0800. The van der Waals surface area contributed by atoms with Crippen molar-refractivity contribution in [2.24, 2.45) is 5.41 Å². The van der Waals surface area contributed by atoms with Gasteiger partial charge in [-0.1, -0.05) is 34.1 Å². The van der Waals surface area contributed by atoms with Crippen LogP contribution in [0.3, 0.4) is 0 Å². The number of nitrogens with zero attached hydrogens (tertiary/aromatic N) is 2. The van der Waals surface area contributed by atoms with E-state index in [1.165, 1.54) is 51.7 Å². The van der Waals surface area contributed by atoms with Gasteiger partial charge in [-0.3, -0.25) is 9.80 Å². The Balaban J connectivity index is 2.11. The molecule has 0 aliphatic carbocycles. The summed E-state index contributed by atoms with van der Waals surface area (Å²) in [5.74, 6) is 0. The van der Waals surface area contributed by atoms with E-state index in [1.807, 2.05) is 0 Å². The number of rotatable bonds is 3. The molecule has 2 heterocycles. The minimum Gasteiger partial charge on any atom is -0.298 e. The van der Waals surface area contributed by atoms with Crippen LogP contribution >= 0.6 is 0 Å². The minimum absolute atomic E-state index is 0.322. The van der Waals surface area contributed by atoms with E-state index in [4.69, 9.17) is 0 Å². The van der Waals surface area contributed by atoms with Gasteiger partial charge in [-0.25, -0.2) is 0 Å². The van der Waals surface area contributed by atoms with Crippen LogP contribution < -0.4 is 0 Å². The van der Waals surface area contributed by atoms with E-state index in [9.17, 15) is 0 Å². The predicted molar refractivity (Wildman–Crippen MR) is 88.1 cm³/mol. The average Bonchev–Trinajstić information content (AvgIpc) is 2.34. The molecule has 0 saturated carbocycles. The zero-order valence-corrected chi connectivity index (χ0v) is 14.7. The zero-order valence-electron chi connectivity index (χ0n) is 14.7. The fourth-order valence-corrected chi connectivity index (χ4v) is 4.74. The van der Waals surface area contributed by atoms with E-state index in [0.29, 0.717) is 11.0 Å². The van der Waals surface area contributed by atoms with Gasteiger partial charge >= 0.3 is 0 Å². The second kappa shape index (κ2) is 5.96. The van der Waals surface area contributed by atoms with Crippen molar-refractivity contribution in [2.45, 2.75) is 91.3 Å². The molecule has 2 atom stereocenters. The van der Waals surface area contributed by atoms with E-state index in [-0.39, 0.29) is 0 Å². The summed E-state index contributed by atoms with van der Waals surface area (Å²) in [6.45, 7) is 18.4. The van der Waals surface area contributed by atoms with E-state index in [1.54, 1.807) is 0 Å². The molecule has 118 valence electrons. The highest BCUT2D eigenvalue weighted by Gasteiger charge is 2.41. The second-order valence-corrected chi connectivity index (χ2v) is 8.91. The maximum Gasteiger partial charge on any atom is 0.0226 e. The van der Waals surface area contributed by atoms with E-state index >= 15 is 0 Å². The van der Waals surface area contributed by atoms with Crippen molar-refractivity contribution in [3.05, 3.63) is 0 Å². The fraction of sp³-hybridized carbons (Fsp3) is 1.00. The highest BCUT2D eigenvalue weighted by molar-refractivity contribution is 4.97. The molecule has 2 rings (SSSR count). The van der Waals surface area contributed by atoms with Gasteiger partial charge < -0.3 is 0 Å². The van der Waals surface area contributed by atoms with Crippen LogP contribution in [0.15, 0.2) is 0 Å². The average molecular weight is 280 g/mol. The molecule has 0 aromatic heterocycles. The first kappa shape index (κ1) is 16.3. The van der Waals surface area contributed by atoms with Gasteiger partial charge in [-0.2, -0.15) is 0 Å². The Kier molecular flexibility index (Phi) is 4.86. The molecule has 20 heavy (non-hydrogen) atoms. The SMILES string of the molecule is CCC1CN2CCCCC2CN1C(C)(C)CC(C)(C)C. The van der Waals surface area contributed by atoms with E-state index < -0.39 is 0 Å². The Labute approximate surface area is 126 Å². The van der Waals surface area contributed by atoms with Gasteiger partial charge in [0.15, 0.2) is 0 Å². The number of hydrogen-bond donors (Lipinski definition) is 0. The Morgan fingerprint density at radius 1 is 1.00 bits per heavy atom. The topological polar surface area (TPSA) is 6.48 Å². The van der Waals surface area contributed by atoms with Crippen molar-refractivity contribution < 1.29 is 0 Å². The van der Waals surface area contributed by atoms with Gasteiger partial charge in [-0.15, -0.1) is 0 Å². The molecule has 2 fully saturated rings. The first-order chi connectivity index (χ1) is 9.23. The smallest absolute Gasteiger partial charge is 0.0226 e. The predicted octanol–water partition coefficient (Wildman–Crippen LogP) is 4.15. The molecule has 2 saturated heterocycles. The highest BCUT2D eigenvalue weighted by atomic mass is 15.3. The van der Waals surface area contributed by atoms with Crippen LogP contribution in [-0.4, -0.2) is 47.1 Å². The normalized spacial score (nSPS) is 30.3. The molecule has 0 bridgehead atoms. The Morgan fingerprint density at radius 3 is 2.30 bits per heavy atom. The summed E-state index contributed by atoms with van der Waals surface area (Å²) in [4.78, 5) is 5.63. The molecule has 0 amide bonds.